The first-order chi connectivity index (χ1) is 20.5. The first-order valence-corrected chi connectivity index (χ1v) is 15.5. The Balaban J connectivity index is 1.16. The van der Waals surface area contributed by atoms with Gasteiger partial charge < -0.3 is 10.4 Å². The number of carboxylic acid groups (broad SMARTS) is 1. The summed E-state index contributed by atoms with van der Waals surface area (Å²) < 4.78 is 0. The molecular weight excluding hydrogens is 520 g/mol. The molecule has 0 atom stereocenters. The molecule has 2 N–H and O–H groups in total. The van der Waals surface area contributed by atoms with Crippen molar-refractivity contribution < 1.29 is 14.7 Å². The summed E-state index contributed by atoms with van der Waals surface area (Å²) >= 11 is 0. The van der Waals surface area contributed by atoms with Gasteiger partial charge in [0.2, 0.25) is 0 Å². The number of carbonyl (C=O) groups excluding carboxylic acids is 1. The van der Waals surface area contributed by atoms with E-state index < -0.39 is 5.97 Å². The number of carboxylic acids is 1. The van der Waals surface area contributed by atoms with Gasteiger partial charge in [0, 0.05) is 24.0 Å². The van der Waals surface area contributed by atoms with E-state index in [1.807, 2.05) is 19.1 Å². The monoisotopic (exact) mass is 562 g/mol. The fourth-order valence-corrected chi connectivity index (χ4v) is 6.37. The van der Waals surface area contributed by atoms with Crippen molar-refractivity contribution in [3.63, 3.8) is 0 Å². The van der Waals surface area contributed by atoms with E-state index in [1.54, 1.807) is 0 Å². The van der Waals surface area contributed by atoms with Gasteiger partial charge in [-0.1, -0.05) is 79.6 Å². The predicted molar refractivity (Wildman–Crippen MR) is 170 cm³/mol. The SMILES string of the molecule is Cc1cc(C(=O)NCCCCCCc2ccccc2)c2ccc(-c3ccc([C@H]4CC[C@H](CC(=O)O)CC4)cc3)cc2n1. The first-order valence-electron chi connectivity index (χ1n) is 15.5. The molecule has 1 aromatic heterocycles. The Morgan fingerprint density at radius 1 is 0.833 bits per heavy atom. The van der Waals surface area contributed by atoms with Crippen LogP contribution in [-0.4, -0.2) is 28.5 Å². The van der Waals surface area contributed by atoms with Crippen molar-refractivity contribution >= 4 is 22.8 Å². The maximum absolute atomic E-state index is 13.1. The van der Waals surface area contributed by atoms with Crippen LogP contribution in [0.1, 0.15) is 90.9 Å². The summed E-state index contributed by atoms with van der Waals surface area (Å²) in [7, 11) is 0. The van der Waals surface area contributed by atoms with E-state index in [0.717, 1.165) is 72.7 Å². The lowest BCUT2D eigenvalue weighted by molar-refractivity contribution is -0.138. The van der Waals surface area contributed by atoms with Gasteiger partial charge in [0.15, 0.2) is 0 Å². The minimum atomic E-state index is -0.684. The molecule has 1 fully saturated rings. The number of benzene rings is 3. The number of unbranched alkanes of at least 4 members (excludes halogenated alkanes) is 3. The highest BCUT2D eigenvalue weighted by atomic mass is 16.4. The number of amides is 1. The van der Waals surface area contributed by atoms with Crippen LogP contribution in [0.3, 0.4) is 0 Å². The summed E-state index contributed by atoms with van der Waals surface area (Å²) in [5, 5.41) is 13.1. The van der Waals surface area contributed by atoms with E-state index >= 15 is 0 Å². The highest BCUT2D eigenvalue weighted by Crippen LogP contribution is 2.38. The van der Waals surface area contributed by atoms with Crippen molar-refractivity contribution in [3.8, 4) is 11.1 Å². The minimum absolute atomic E-state index is 0.0371. The molecule has 0 spiro atoms. The van der Waals surface area contributed by atoms with E-state index in [4.69, 9.17) is 10.1 Å². The number of aliphatic carboxylic acids is 1. The second kappa shape index (κ2) is 14.3. The highest BCUT2D eigenvalue weighted by molar-refractivity contribution is 6.06. The van der Waals surface area contributed by atoms with Crippen LogP contribution in [0.25, 0.3) is 22.0 Å². The number of fused-ring (bicyclic) bond motifs is 1. The smallest absolute Gasteiger partial charge is 0.303 e. The number of aromatic nitrogens is 1. The summed E-state index contributed by atoms with van der Waals surface area (Å²) in [6.45, 7) is 2.62. The number of carbonyl (C=O) groups is 2. The van der Waals surface area contributed by atoms with Gasteiger partial charge in [-0.05, 0) is 98.1 Å². The summed E-state index contributed by atoms with van der Waals surface area (Å²) in [4.78, 5) is 28.9. The first kappa shape index (κ1) is 29.5. The van der Waals surface area contributed by atoms with Crippen molar-refractivity contribution in [1.29, 1.82) is 0 Å². The molecule has 5 nitrogen and oxygen atoms in total. The molecular formula is C37H42N2O3. The van der Waals surface area contributed by atoms with Crippen LogP contribution < -0.4 is 5.32 Å². The average Bonchev–Trinajstić information content (AvgIpc) is 3.00. The topological polar surface area (TPSA) is 79.3 Å². The number of hydrogen-bond acceptors (Lipinski definition) is 3. The molecule has 1 saturated carbocycles. The third-order valence-corrected chi connectivity index (χ3v) is 8.73. The zero-order valence-electron chi connectivity index (χ0n) is 24.6. The zero-order chi connectivity index (χ0) is 29.3. The maximum atomic E-state index is 13.1. The lowest BCUT2D eigenvalue weighted by Gasteiger charge is -2.28. The molecule has 0 radical (unpaired) electrons. The van der Waals surface area contributed by atoms with Gasteiger partial charge in [0.05, 0.1) is 11.1 Å². The summed E-state index contributed by atoms with van der Waals surface area (Å²) in [5.74, 6) is 0.0930. The van der Waals surface area contributed by atoms with Crippen LogP contribution in [0.15, 0.2) is 78.9 Å². The van der Waals surface area contributed by atoms with Crippen LogP contribution in [0.4, 0.5) is 0 Å². The number of pyridine rings is 1. The van der Waals surface area contributed by atoms with Crippen molar-refractivity contribution in [1.82, 2.24) is 10.3 Å². The minimum Gasteiger partial charge on any atom is -0.481 e. The van der Waals surface area contributed by atoms with Crippen LogP contribution in [0.5, 0.6) is 0 Å². The fourth-order valence-electron chi connectivity index (χ4n) is 6.37. The zero-order valence-corrected chi connectivity index (χ0v) is 24.6. The van der Waals surface area contributed by atoms with E-state index in [-0.39, 0.29) is 5.91 Å². The number of aryl methyl sites for hydroxylation is 2. The maximum Gasteiger partial charge on any atom is 0.303 e. The number of nitrogens with zero attached hydrogens (tertiary/aromatic N) is 1. The number of rotatable bonds is 12. The molecule has 1 aliphatic carbocycles. The van der Waals surface area contributed by atoms with Crippen LogP contribution in [0, 0.1) is 12.8 Å². The predicted octanol–water partition coefficient (Wildman–Crippen LogP) is 8.49. The normalized spacial score (nSPS) is 16.8. The van der Waals surface area contributed by atoms with Gasteiger partial charge in [-0.2, -0.15) is 0 Å². The van der Waals surface area contributed by atoms with Gasteiger partial charge in [-0.25, -0.2) is 0 Å². The number of nitrogens with one attached hydrogen (secondary N) is 1. The molecule has 3 aromatic carbocycles. The van der Waals surface area contributed by atoms with Gasteiger partial charge in [0.1, 0.15) is 0 Å². The molecule has 0 aliphatic heterocycles. The Kier molecular flexibility index (Phi) is 10.0. The molecule has 0 saturated heterocycles. The molecule has 5 heteroatoms. The molecule has 4 aromatic rings. The van der Waals surface area contributed by atoms with Gasteiger partial charge in [-0.3, -0.25) is 14.6 Å². The lowest BCUT2D eigenvalue weighted by Crippen LogP contribution is -2.25. The third kappa shape index (κ3) is 7.84. The quantitative estimate of drug-likeness (QED) is 0.170. The number of hydrogen-bond donors (Lipinski definition) is 2. The standard InChI is InChI=1S/C37H42N2O3/c1-26-23-34(37(42)38-22-8-3-2-5-9-27-10-6-4-7-11-27)33-21-20-32(25-35(33)39-26)31-18-16-30(17-19-31)29-14-12-28(13-15-29)24-36(40)41/h4,6-7,10-11,16-21,23,25,28-29H,2-3,5,8-9,12-15,22,24H2,1H3,(H,38,42)(H,40,41)/t28-,29-. The molecule has 218 valence electrons. The van der Waals surface area contributed by atoms with E-state index in [9.17, 15) is 9.59 Å². The average molecular weight is 563 g/mol. The molecule has 0 bridgehead atoms. The van der Waals surface area contributed by atoms with Gasteiger partial charge in [-0.15, -0.1) is 0 Å². The Morgan fingerprint density at radius 2 is 1.55 bits per heavy atom. The van der Waals surface area contributed by atoms with Gasteiger partial charge >= 0.3 is 5.97 Å². The Bertz CT molecular complexity index is 1490. The van der Waals surface area contributed by atoms with Crippen molar-refractivity contribution in [2.45, 2.75) is 77.0 Å². The van der Waals surface area contributed by atoms with Gasteiger partial charge in [0.25, 0.3) is 5.91 Å². The molecule has 1 amide bonds. The Labute approximate surface area is 249 Å². The van der Waals surface area contributed by atoms with Crippen LogP contribution in [-0.2, 0) is 11.2 Å². The second-order valence-corrected chi connectivity index (χ2v) is 11.9. The Morgan fingerprint density at radius 3 is 2.29 bits per heavy atom. The molecule has 0 unspecified atom stereocenters. The summed E-state index contributed by atoms with van der Waals surface area (Å²) in [5.41, 5.74) is 7.28. The Hall–Kier alpha value is -3.99. The van der Waals surface area contributed by atoms with E-state index in [2.05, 4.69) is 72.0 Å². The summed E-state index contributed by atoms with van der Waals surface area (Å²) in [6, 6.07) is 27.4. The third-order valence-electron chi connectivity index (χ3n) is 8.73. The summed E-state index contributed by atoms with van der Waals surface area (Å²) in [6.07, 6.45) is 9.90. The second-order valence-electron chi connectivity index (χ2n) is 11.9. The molecule has 42 heavy (non-hydrogen) atoms. The van der Waals surface area contributed by atoms with E-state index in [1.165, 1.54) is 24.0 Å². The molecule has 5 rings (SSSR count). The van der Waals surface area contributed by atoms with Crippen molar-refractivity contribution in [2.24, 2.45) is 5.92 Å². The van der Waals surface area contributed by atoms with Crippen molar-refractivity contribution in [3.05, 3.63) is 101 Å². The van der Waals surface area contributed by atoms with E-state index in [0.29, 0.717) is 30.4 Å². The van der Waals surface area contributed by atoms with Crippen molar-refractivity contribution in [2.75, 3.05) is 6.54 Å². The highest BCUT2D eigenvalue weighted by Gasteiger charge is 2.24. The molecule has 1 heterocycles. The van der Waals surface area contributed by atoms with Crippen LogP contribution in [0.2, 0.25) is 0 Å². The largest absolute Gasteiger partial charge is 0.481 e. The van der Waals surface area contributed by atoms with Crippen LogP contribution >= 0.6 is 0 Å². The fraction of sp³-hybridized carbons (Fsp3) is 0.378. The lowest BCUT2D eigenvalue weighted by atomic mass is 9.77. The molecule has 1 aliphatic rings.